The summed E-state index contributed by atoms with van der Waals surface area (Å²) in [7, 11) is 1.51. The molecule has 0 aromatic heterocycles. The van der Waals surface area contributed by atoms with Crippen molar-refractivity contribution in [3.05, 3.63) is 93.5 Å². The molecule has 15 heteroatoms. The monoisotopic (exact) mass is 640 g/mol. The number of carboxylic acids is 2. The second-order valence-corrected chi connectivity index (χ2v) is 10.5. The normalized spacial score (nSPS) is 12.4. The van der Waals surface area contributed by atoms with Crippen LogP contribution in [-0.4, -0.2) is 58.3 Å². The molecule has 0 unspecified atom stereocenters. The van der Waals surface area contributed by atoms with Gasteiger partial charge in [0.1, 0.15) is 0 Å². The summed E-state index contributed by atoms with van der Waals surface area (Å²) in [5.41, 5.74) is -13.3. The third-order valence-electron chi connectivity index (χ3n) is 7.06. The maximum atomic E-state index is 14.9. The first-order chi connectivity index (χ1) is 20.6. The molecule has 0 saturated heterocycles. The molecule has 0 heterocycles. The fraction of sp³-hybridized carbons (Fsp3) is 0.267. The van der Waals surface area contributed by atoms with Crippen LogP contribution in [0.3, 0.4) is 0 Å². The Balaban J connectivity index is 2.40. The number of hydrogen-bond acceptors (Lipinski definition) is 6. The first kappa shape index (κ1) is 34.6. The third-order valence-corrected chi connectivity index (χ3v) is 7.06. The SMILES string of the molecule is CNc1ccc(C(C)(C)O)c(NC(=O)c2cc(C(c3ccc(C(=O)O)c(C(C)=O)c3)(C(F)(F)F)C(F)(F)F)ccc2C(=O)O)c1. The Morgan fingerprint density at radius 1 is 0.689 bits per heavy atom. The van der Waals surface area contributed by atoms with E-state index in [4.69, 9.17) is 0 Å². The van der Waals surface area contributed by atoms with Crippen molar-refractivity contribution in [1.29, 1.82) is 0 Å². The van der Waals surface area contributed by atoms with Gasteiger partial charge in [-0.1, -0.05) is 18.2 Å². The van der Waals surface area contributed by atoms with Crippen LogP contribution in [0.5, 0.6) is 0 Å². The number of rotatable bonds is 9. The molecule has 3 aromatic rings. The molecule has 0 saturated carbocycles. The number of anilines is 2. The second kappa shape index (κ2) is 11.9. The highest BCUT2D eigenvalue weighted by Crippen LogP contribution is 2.56. The number of hydrogen-bond donors (Lipinski definition) is 5. The summed E-state index contributed by atoms with van der Waals surface area (Å²) < 4.78 is 89.2. The molecule has 45 heavy (non-hydrogen) atoms. The number of nitrogens with one attached hydrogen (secondary N) is 2. The number of Topliss-reactive ketones (excluding diaryl/α,β-unsaturated/α-hetero) is 1. The number of benzene rings is 3. The van der Waals surface area contributed by atoms with Gasteiger partial charge in [0, 0.05) is 29.5 Å². The van der Waals surface area contributed by atoms with Crippen molar-refractivity contribution in [2.24, 2.45) is 0 Å². The zero-order valence-corrected chi connectivity index (χ0v) is 23.9. The Kier molecular flexibility index (Phi) is 9.12. The largest absolute Gasteiger partial charge is 0.478 e. The van der Waals surface area contributed by atoms with Gasteiger partial charge < -0.3 is 26.0 Å². The molecule has 0 aliphatic heterocycles. The van der Waals surface area contributed by atoms with E-state index in [2.05, 4.69) is 10.6 Å². The van der Waals surface area contributed by atoms with Crippen LogP contribution >= 0.6 is 0 Å². The molecule has 0 spiro atoms. The standard InChI is InChI=1S/C30H26F6N2O7/c1-14(39)20-11-15(5-8-18(20)25(41)42)28(29(31,32)33,30(34,35)36)16-6-9-19(26(43)44)21(12-16)24(40)38-23-13-17(37-4)7-10-22(23)27(2,3)45/h5-13,37,45H,1-4H3,(H,38,40)(H,41,42)(H,43,44). The first-order valence-electron chi connectivity index (χ1n) is 12.8. The van der Waals surface area contributed by atoms with Gasteiger partial charge in [0.15, 0.2) is 5.78 Å². The lowest BCUT2D eigenvalue weighted by Gasteiger charge is -2.38. The summed E-state index contributed by atoms with van der Waals surface area (Å²) in [4.78, 5) is 49.1. The Labute approximate surface area is 251 Å². The maximum Gasteiger partial charge on any atom is 0.411 e. The Morgan fingerprint density at radius 3 is 1.56 bits per heavy atom. The van der Waals surface area contributed by atoms with Gasteiger partial charge in [0.2, 0.25) is 5.41 Å². The van der Waals surface area contributed by atoms with Crippen molar-refractivity contribution in [2.45, 2.75) is 44.1 Å². The molecule has 0 aliphatic carbocycles. The maximum absolute atomic E-state index is 14.9. The average molecular weight is 641 g/mol. The highest BCUT2D eigenvalue weighted by molar-refractivity contribution is 6.11. The molecule has 0 atom stereocenters. The van der Waals surface area contributed by atoms with Gasteiger partial charge in [0.05, 0.1) is 22.3 Å². The summed E-state index contributed by atoms with van der Waals surface area (Å²) in [5, 5.41) is 34.6. The number of ketones is 1. The molecule has 240 valence electrons. The molecule has 0 bridgehead atoms. The Morgan fingerprint density at radius 2 is 1.16 bits per heavy atom. The van der Waals surface area contributed by atoms with Gasteiger partial charge in [-0.3, -0.25) is 9.59 Å². The first-order valence-corrected chi connectivity index (χ1v) is 12.8. The lowest BCUT2D eigenvalue weighted by atomic mass is 9.71. The fourth-order valence-electron chi connectivity index (χ4n) is 4.92. The minimum Gasteiger partial charge on any atom is -0.478 e. The number of alkyl halides is 6. The van der Waals surface area contributed by atoms with Gasteiger partial charge in [-0.05, 0) is 68.3 Å². The Hall–Kier alpha value is -4.92. The van der Waals surface area contributed by atoms with Crippen LogP contribution in [0.25, 0.3) is 0 Å². The molecule has 3 rings (SSSR count). The minimum atomic E-state index is -6.22. The van der Waals surface area contributed by atoms with Crippen molar-refractivity contribution in [1.82, 2.24) is 0 Å². The van der Waals surface area contributed by atoms with Gasteiger partial charge in [-0.25, -0.2) is 9.59 Å². The number of carboxylic acid groups (broad SMARTS) is 2. The van der Waals surface area contributed by atoms with E-state index >= 15 is 0 Å². The van der Waals surface area contributed by atoms with E-state index in [1.54, 1.807) is 0 Å². The van der Waals surface area contributed by atoms with E-state index in [1.165, 1.54) is 39.1 Å². The van der Waals surface area contributed by atoms with Crippen LogP contribution in [0.4, 0.5) is 37.7 Å². The predicted molar refractivity (Wildman–Crippen MR) is 149 cm³/mol. The van der Waals surface area contributed by atoms with Gasteiger partial charge in [-0.15, -0.1) is 0 Å². The molecule has 0 radical (unpaired) electrons. The average Bonchev–Trinajstić information content (AvgIpc) is 2.90. The predicted octanol–water partition coefficient (Wildman–Crippen LogP) is 6.22. The van der Waals surface area contributed by atoms with Gasteiger partial charge >= 0.3 is 24.3 Å². The lowest BCUT2D eigenvalue weighted by Crippen LogP contribution is -2.55. The highest BCUT2D eigenvalue weighted by Gasteiger charge is 2.72. The molecule has 0 aliphatic rings. The van der Waals surface area contributed by atoms with E-state index in [9.17, 15) is 60.8 Å². The quantitative estimate of drug-likeness (QED) is 0.137. The number of carbonyl (C=O) groups excluding carboxylic acids is 2. The van der Waals surface area contributed by atoms with Crippen molar-refractivity contribution >= 4 is 35.0 Å². The van der Waals surface area contributed by atoms with Crippen molar-refractivity contribution < 1.29 is 60.8 Å². The van der Waals surface area contributed by atoms with E-state index in [0.29, 0.717) is 17.8 Å². The van der Waals surface area contributed by atoms with Crippen molar-refractivity contribution in [2.75, 3.05) is 17.7 Å². The molecule has 3 aromatic carbocycles. The Bertz CT molecular complexity index is 1680. The number of aromatic carboxylic acids is 2. The zero-order valence-electron chi connectivity index (χ0n) is 23.9. The summed E-state index contributed by atoms with van der Waals surface area (Å²) in [5.74, 6) is -6.20. The van der Waals surface area contributed by atoms with Crippen LogP contribution in [0, 0.1) is 0 Å². The summed E-state index contributed by atoms with van der Waals surface area (Å²) >= 11 is 0. The molecule has 1 amide bonds. The fourth-order valence-corrected chi connectivity index (χ4v) is 4.92. The topological polar surface area (TPSA) is 153 Å². The minimum absolute atomic E-state index is 0.0816. The zero-order chi connectivity index (χ0) is 34.3. The molecular weight excluding hydrogens is 614 g/mol. The van der Waals surface area contributed by atoms with E-state index in [0.717, 1.165) is 6.92 Å². The number of halogens is 6. The van der Waals surface area contributed by atoms with E-state index in [-0.39, 0.29) is 35.5 Å². The van der Waals surface area contributed by atoms with Crippen LogP contribution in [-0.2, 0) is 11.0 Å². The summed E-state index contributed by atoms with van der Waals surface area (Å²) in [6, 6.07) is 5.81. The highest BCUT2D eigenvalue weighted by atomic mass is 19.4. The number of amides is 1. The van der Waals surface area contributed by atoms with Crippen molar-refractivity contribution in [3.63, 3.8) is 0 Å². The second-order valence-electron chi connectivity index (χ2n) is 10.5. The molecular formula is C30H26F6N2O7. The van der Waals surface area contributed by atoms with Crippen LogP contribution in [0.15, 0.2) is 54.6 Å². The van der Waals surface area contributed by atoms with Gasteiger partial charge in [-0.2, -0.15) is 26.3 Å². The van der Waals surface area contributed by atoms with Crippen LogP contribution in [0.2, 0.25) is 0 Å². The number of aliphatic hydroxyl groups is 1. The lowest BCUT2D eigenvalue weighted by molar-refractivity contribution is -0.288. The summed E-state index contributed by atoms with van der Waals surface area (Å²) in [6.45, 7) is 3.43. The van der Waals surface area contributed by atoms with Crippen LogP contribution < -0.4 is 10.6 Å². The smallest absolute Gasteiger partial charge is 0.411 e. The van der Waals surface area contributed by atoms with E-state index in [1.807, 2.05) is 0 Å². The van der Waals surface area contributed by atoms with Crippen molar-refractivity contribution in [3.8, 4) is 0 Å². The van der Waals surface area contributed by atoms with E-state index < -0.39 is 80.4 Å². The summed E-state index contributed by atoms with van der Waals surface area (Å²) in [6.07, 6.45) is -12.4. The molecule has 5 N–H and O–H groups in total. The van der Waals surface area contributed by atoms with Gasteiger partial charge in [0.25, 0.3) is 5.91 Å². The molecule has 0 fully saturated rings. The van der Waals surface area contributed by atoms with Crippen LogP contribution in [0.1, 0.15) is 78.9 Å². The third kappa shape index (κ3) is 6.34. The molecule has 9 nitrogen and oxygen atoms in total. The number of carbonyl (C=O) groups is 4.